The van der Waals surface area contributed by atoms with Crippen LogP contribution in [0.1, 0.15) is 5.82 Å². The van der Waals surface area contributed by atoms with Crippen molar-refractivity contribution in [3.05, 3.63) is 42.5 Å². The molecule has 1 aromatic carbocycles. The van der Waals surface area contributed by atoms with Crippen LogP contribution in [0.5, 0.6) is 0 Å². The van der Waals surface area contributed by atoms with E-state index in [1.807, 2.05) is 24.3 Å². The molecule has 0 amide bonds. The van der Waals surface area contributed by atoms with Crippen molar-refractivity contribution in [3.63, 3.8) is 0 Å². The molecule has 0 spiro atoms. The largest absolute Gasteiger partial charge is 0.387 e. The second-order valence-corrected chi connectivity index (χ2v) is 4.03. The van der Waals surface area contributed by atoms with E-state index in [1.165, 1.54) is 0 Å². The molecule has 18 heavy (non-hydrogen) atoms. The number of rotatable bonds is 2. The average Bonchev–Trinajstić information content (AvgIpc) is 2.87. The van der Waals surface area contributed by atoms with Crippen LogP contribution in [0.4, 0.5) is 0 Å². The Bertz CT molecular complexity index is 735. The van der Waals surface area contributed by atoms with Gasteiger partial charge in [-0.15, -0.1) is 10.2 Å². The first-order valence-electron chi connectivity index (χ1n) is 5.19. The van der Waals surface area contributed by atoms with Gasteiger partial charge in [0.2, 0.25) is 0 Å². The molecule has 88 valence electrons. The van der Waals surface area contributed by atoms with Crippen molar-refractivity contribution in [1.82, 2.24) is 24.7 Å². The predicted octanol–water partition coefficient (Wildman–Crippen LogP) is 0.845. The van der Waals surface area contributed by atoms with Crippen LogP contribution < -0.4 is 5.73 Å². The zero-order valence-corrected chi connectivity index (χ0v) is 10.0. The summed E-state index contributed by atoms with van der Waals surface area (Å²) in [5.74, 6) is 0.844. The van der Waals surface area contributed by atoms with Crippen LogP contribution in [0.2, 0.25) is 0 Å². The minimum absolute atomic E-state index is 0.191. The summed E-state index contributed by atoms with van der Waals surface area (Å²) < 4.78 is 1.61. The lowest BCUT2D eigenvalue weighted by molar-refractivity contribution is 0.873. The fraction of sp³-hybridized carbons (Fsp3) is 0. The number of imidazole rings is 1. The maximum Gasteiger partial charge on any atom is 0.255 e. The number of benzene rings is 1. The quantitative estimate of drug-likeness (QED) is 0.684. The van der Waals surface area contributed by atoms with E-state index in [0.29, 0.717) is 11.8 Å². The second kappa shape index (κ2) is 4.11. The molecule has 0 saturated heterocycles. The highest BCUT2D eigenvalue weighted by atomic mass is 32.1. The van der Waals surface area contributed by atoms with Crippen LogP contribution in [-0.2, 0) is 0 Å². The van der Waals surface area contributed by atoms with Crippen molar-refractivity contribution in [2.24, 2.45) is 5.73 Å². The van der Waals surface area contributed by atoms with Gasteiger partial charge in [-0.1, -0.05) is 24.4 Å². The van der Waals surface area contributed by atoms with E-state index in [9.17, 15) is 0 Å². The Kier molecular flexibility index (Phi) is 2.45. The summed E-state index contributed by atoms with van der Waals surface area (Å²) in [5, 5.41) is 8.13. The van der Waals surface area contributed by atoms with Crippen LogP contribution >= 0.6 is 12.2 Å². The van der Waals surface area contributed by atoms with Crippen molar-refractivity contribution in [2.45, 2.75) is 0 Å². The maximum absolute atomic E-state index is 5.58. The summed E-state index contributed by atoms with van der Waals surface area (Å²) in [5.41, 5.74) is 7.07. The molecule has 0 aliphatic carbocycles. The molecular weight excluding hydrogens is 248 g/mol. The third-order valence-electron chi connectivity index (χ3n) is 2.43. The topological polar surface area (TPSA) is 82.5 Å². The fourth-order valence-electron chi connectivity index (χ4n) is 1.62. The van der Waals surface area contributed by atoms with Crippen molar-refractivity contribution in [1.29, 1.82) is 0 Å². The van der Waals surface area contributed by atoms with E-state index >= 15 is 0 Å². The lowest BCUT2D eigenvalue weighted by Gasteiger charge is -2.04. The molecule has 3 rings (SSSR count). The molecule has 0 aliphatic heterocycles. The van der Waals surface area contributed by atoms with E-state index in [4.69, 9.17) is 18.0 Å². The van der Waals surface area contributed by atoms with Gasteiger partial charge >= 0.3 is 0 Å². The minimum Gasteiger partial charge on any atom is -0.387 e. The van der Waals surface area contributed by atoms with Crippen LogP contribution in [0.25, 0.3) is 17.0 Å². The summed E-state index contributed by atoms with van der Waals surface area (Å²) in [7, 11) is 0. The summed E-state index contributed by atoms with van der Waals surface area (Å²) in [6.45, 7) is 0. The van der Waals surface area contributed by atoms with Crippen molar-refractivity contribution in [3.8, 4) is 5.95 Å². The normalized spacial score (nSPS) is 10.7. The highest BCUT2D eigenvalue weighted by Crippen LogP contribution is 2.10. The number of aromatic nitrogens is 5. The first-order valence-corrected chi connectivity index (χ1v) is 5.59. The zero-order valence-electron chi connectivity index (χ0n) is 9.19. The summed E-state index contributed by atoms with van der Waals surface area (Å²) in [4.78, 5) is 8.65. The molecule has 7 heteroatoms. The highest BCUT2D eigenvalue weighted by molar-refractivity contribution is 7.80. The summed E-state index contributed by atoms with van der Waals surface area (Å²) in [6.07, 6.45) is 3.29. The van der Waals surface area contributed by atoms with Gasteiger partial charge in [0.05, 0.1) is 5.52 Å². The van der Waals surface area contributed by atoms with Gasteiger partial charge in [-0.3, -0.25) is 4.57 Å². The maximum atomic E-state index is 5.58. The first kappa shape index (κ1) is 10.7. The van der Waals surface area contributed by atoms with Gasteiger partial charge < -0.3 is 5.73 Å². The average molecular weight is 256 g/mol. The lowest BCUT2D eigenvalue weighted by Crippen LogP contribution is -2.17. The molecule has 0 unspecified atom stereocenters. The molecular formula is C11H8N6S. The van der Waals surface area contributed by atoms with Crippen LogP contribution in [-0.4, -0.2) is 29.7 Å². The summed E-state index contributed by atoms with van der Waals surface area (Å²) in [6, 6.07) is 7.49. The van der Waals surface area contributed by atoms with Gasteiger partial charge in [0.25, 0.3) is 5.95 Å². The molecule has 0 radical (unpaired) electrons. The van der Waals surface area contributed by atoms with Crippen LogP contribution in [0, 0.1) is 0 Å². The van der Waals surface area contributed by atoms with E-state index in [0.717, 1.165) is 11.0 Å². The van der Waals surface area contributed by atoms with Crippen molar-refractivity contribution >= 4 is 28.2 Å². The number of nitrogens with two attached hydrogens (primary N) is 1. The van der Waals surface area contributed by atoms with Crippen molar-refractivity contribution in [2.75, 3.05) is 0 Å². The SMILES string of the molecule is NC(=S)c1nccn1-c1nnc2ccccc2n1. The predicted molar refractivity (Wildman–Crippen MR) is 70.3 cm³/mol. The van der Waals surface area contributed by atoms with E-state index < -0.39 is 0 Å². The standard InChI is InChI=1S/C11H8N6S/c12-9(18)10-13-5-6-17(10)11-14-7-3-1-2-4-8(7)15-16-11/h1-6H,(H2,12,18). The first-order chi connectivity index (χ1) is 8.75. The van der Waals surface area contributed by atoms with E-state index in [1.54, 1.807) is 17.0 Å². The fourth-order valence-corrected chi connectivity index (χ4v) is 1.77. The smallest absolute Gasteiger partial charge is 0.255 e. The minimum atomic E-state index is 0.191. The lowest BCUT2D eigenvalue weighted by atomic mass is 10.3. The van der Waals surface area contributed by atoms with E-state index in [-0.39, 0.29) is 4.99 Å². The molecule has 0 fully saturated rings. The van der Waals surface area contributed by atoms with Crippen LogP contribution in [0.3, 0.4) is 0 Å². The van der Waals surface area contributed by atoms with Crippen LogP contribution in [0.15, 0.2) is 36.7 Å². The van der Waals surface area contributed by atoms with Gasteiger partial charge in [-0.05, 0) is 12.1 Å². The zero-order chi connectivity index (χ0) is 12.5. The molecule has 6 nitrogen and oxygen atoms in total. The number of fused-ring (bicyclic) bond motifs is 1. The monoisotopic (exact) mass is 256 g/mol. The number of hydrogen-bond acceptors (Lipinski definition) is 5. The highest BCUT2D eigenvalue weighted by Gasteiger charge is 2.10. The molecule has 2 heterocycles. The number of para-hydroxylation sites is 1. The Morgan fingerprint density at radius 3 is 2.72 bits per heavy atom. The molecule has 0 saturated carbocycles. The summed E-state index contributed by atoms with van der Waals surface area (Å²) >= 11 is 4.92. The van der Waals surface area contributed by atoms with E-state index in [2.05, 4.69) is 20.2 Å². The van der Waals surface area contributed by atoms with Gasteiger partial charge in [0, 0.05) is 12.4 Å². The Morgan fingerprint density at radius 1 is 1.17 bits per heavy atom. The Balaban J connectivity index is 2.19. The van der Waals surface area contributed by atoms with Crippen molar-refractivity contribution < 1.29 is 0 Å². The van der Waals surface area contributed by atoms with Gasteiger partial charge in [0.15, 0.2) is 5.82 Å². The second-order valence-electron chi connectivity index (χ2n) is 3.59. The number of hydrogen-bond donors (Lipinski definition) is 1. The van der Waals surface area contributed by atoms with Gasteiger partial charge in [-0.25, -0.2) is 9.97 Å². The number of thiocarbonyl (C=S) groups is 1. The molecule has 2 N–H and O–H groups in total. The third-order valence-corrected chi connectivity index (χ3v) is 2.61. The number of nitrogens with zero attached hydrogens (tertiary/aromatic N) is 5. The van der Waals surface area contributed by atoms with Gasteiger partial charge in [0.1, 0.15) is 10.5 Å². The molecule has 2 aromatic heterocycles. The third kappa shape index (κ3) is 1.70. The molecule has 0 bridgehead atoms. The Hall–Kier alpha value is -2.41. The molecule has 0 atom stereocenters. The Labute approximate surface area is 107 Å². The Morgan fingerprint density at radius 2 is 1.94 bits per heavy atom. The molecule has 0 aliphatic rings. The molecule has 3 aromatic rings. The van der Waals surface area contributed by atoms with Gasteiger partial charge in [-0.2, -0.15) is 0 Å².